The third-order valence-electron chi connectivity index (χ3n) is 11.0. The summed E-state index contributed by atoms with van der Waals surface area (Å²) >= 11 is 0. The van der Waals surface area contributed by atoms with E-state index in [9.17, 15) is 0 Å². The van der Waals surface area contributed by atoms with Gasteiger partial charge in [0.1, 0.15) is 0 Å². The largest absolute Gasteiger partial charge is 0.0885 e. The molecule has 0 aromatic rings. The highest BCUT2D eigenvalue weighted by atomic mass is 14.7. The van der Waals surface area contributed by atoms with Gasteiger partial charge in [-0.05, 0) is 111 Å². The van der Waals surface area contributed by atoms with Gasteiger partial charge < -0.3 is 0 Å². The van der Waals surface area contributed by atoms with Crippen LogP contribution in [0.2, 0.25) is 0 Å². The van der Waals surface area contributed by atoms with Crippen LogP contribution >= 0.6 is 0 Å². The van der Waals surface area contributed by atoms with E-state index in [4.69, 9.17) is 0 Å². The van der Waals surface area contributed by atoms with E-state index in [0.717, 1.165) is 35.5 Å². The van der Waals surface area contributed by atoms with Crippen LogP contribution in [0.4, 0.5) is 0 Å². The third kappa shape index (κ3) is 4.48. The van der Waals surface area contributed by atoms with Gasteiger partial charge in [0.05, 0.1) is 0 Å². The highest BCUT2D eigenvalue weighted by Crippen LogP contribution is 2.77. The number of rotatable bonds is 8. The normalized spacial score (nSPS) is 37.6. The molecule has 0 amide bonds. The molecule has 0 saturated heterocycles. The minimum absolute atomic E-state index is 0.397. The fourth-order valence-corrected chi connectivity index (χ4v) is 8.57. The molecule has 6 atom stereocenters. The summed E-state index contributed by atoms with van der Waals surface area (Å²) in [6.45, 7) is 27.1. The van der Waals surface area contributed by atoms with Gasteiger partial charge in [0, 0.05) is 0 Å². The van der Waals surface area contributed by atoms with Crippen LogP contribution in [-0.4, -0.2) is 0 Å². The Labute approximate surface area is 195 Å². The Bertz CT molecular complexity index is 709. The molecule has 0 aliphatic heterocycles. The van der Waals surface area contributed by atoms with Crippen LogP contribution in [0.25, 0.3) is 0 Å². The van der Waals surface area contributed by atoms with Crippen LogP contribution in [0.3, 0.4) is 0 Å². The molecule has 3 rings (SSSR count). The average Bonchev–Trinajstić information content (AvgIpc) is 3.08. The topological polar surface area (TPSA) is 0 Å². The summed E-state index contributed by atoms with van der Waals surface area (Å²) in [4.78, 5) is 0. The first-order chi connectivity index (χ1) is 14.3. The summed E-state index contributed by atoms with van der Waals surface area (Å²) in [5, 5.41) is 0. The van der Waals surface area contributed by atoms with E-state index in [2.05, 4.69) is 82.2 Å². The molecular weight excluding hydrogens is 372 g/mol. The maximum absolute atomic E-state index is 2.66. The fourth-order valence-electron chi connectivity index (χ4n) is 8.57. The van der Waals surface area contributed by atoms with Crippen molar-refractivity contribution in [1.82, 2.24) is 0 Å². The summed E-state index contributed by atoms with van der Waals surface area (Å²) < 4.78 is 0. The second kappa shape index (κ2) is 8.68. The van der Waals surface area contributed by atoms with Gasteiger partial charge in [-0.25, -0.2) is 0 Å². The smallest absolute Gasteiger partial charge is 0.0161 e. The fraction of sp³-hybridized carbons (Fsp3) is 0.871. The molecule has 2 saturated carbocycles. The standard InChI is InChI=1S/C31H54/c1-12-20(3)25-15-26(16-25)24(7)30(11)19-31(30)17-23(6)27(18-31)14-22(5)28(21(4)13-2)29(8,9)10/h12,21-22,24-26,28H,13-19H2,1-11H3. The van der Waals surface area contributed by atoms with Gasteiger partial charge in [-0.15, -0.1) is 0 Å². The Balaban J connectivity index is 1.63. The van der Waals surface area contributed by atoms with E-state index < -0.39 is 0 Å². The second-order valence-corrected chi connectivity index (χ2v) is 13.8. The molecule has 1 spiro atoms. The number of hydrogen-bond acceptors (Lipinski definition) is 0. The molecule has 0 aromatic heterocycles. The SMILES string of the molecule is CC=C(C)C1CC(C(C)C2(C)CC23CC(C)=C(CC(C)C(C(C)CC)C(C)(C)C)C3)C1. The van der Waals surface area contributed by atoms with Crippen LogP contribution in [0.15, 0.2) is 22.8 Å². The average molecular weight is 427 g/mol. The van der Waals surface area contributed by atoms with Crippen LogP contribution < -0.4 is 0 Å². The van der Waals surface area contributed by atoms with Gasteiger partial charge in [0.2, 0.25) is 0 Å². The van der Waals surface area contributed by atoms with E-state index in [-0.39, 0.29) is 0 Å². The Hall–Kier alpha value is -0.520. The van der Waals surface area contributed by atoms with E-state index in [1.54, 1.807) is 11.1 Å². The molecule has 0 bridgehead atoms. The van der Waals surface area contributed by atoms with Crippen LogP contribution in [0.5, 0.6) is 0 Å². The lowest BCUT2D eigenvalue weighted by Gasteiger charge is -2.43. The minimum atomic E-state index is 0.397. The van der Waals surface area contributed by atoms with Gasteiger partial charge in [0.15, 0.2) is 0 Å². The highest BCUT2D eigenvalue weighted by Gasteiger charge is 2.68. The molecule has 0 heteroatoms. The summed E-state index contributed by atoms with van der Waals surface area (Å²) in [6.07, 6.45) is 12.2. The van der Waals surface area contributed by atoms with Gasteiger partial charge in [-0.2, -0.15) is 0 Å². The van der Waals surface area contributed by atoms with Crippen molar-refractivity contribution in [1.29, 1.82) is 0 Å². The van der Waals surface area contributed by atoms with Crippen molar-refractivity contribution in [2.24, 2.45) is 51.8 Å². The second-order valence-electron chi connectivity index (χ2n) is 13.8. The van der Waals surface area contributed by atoms with Crippen molar-refractivity contribution >= 4 is 0 Å². The molecule has 0 radical (unpaired) electrons. The zero-order valence-corrected chi connectivity index (χ0v) is 23.0. The first kappa shape index (κ1) is 25.1. The predicted octanol–water partition coefficient (Wildman–Crippen LogP) is 9.86. The zero-order valence-electron chi connectivity index (χ0n) is 23.0. The molecule has 2 fully saturated rings. The molecule has 0 heterocycles. The number of hydrogen-bond donors (Lipinski definition) is 0. The summed E-state index contributed by atoms with van der Waals surface area (Å²) in [6, 6.07) is 0. The Kier molecular flexibility index (Phi) is 7.03. The maximum atomic E-state index is 2.66. The zero-order chi connectivity index (χ0) is 23.4. The first-order valence-corrected chi connectivity index (χ1v) is 13.6. The summed E-state index contributed by atoms with van der Waals surface area (Å²) in [7, 11) is 0. The maximum Gasteiger partial charge on any atom is -0.0161 e. The van der Waals surface area contributed by atoms with Crippen molar-refractivity contribution < 1.29 is 0 Å². The molecular formula is C31H54. The van der Waals surface area contributed by atoms with Gasteiger partial charge in [-0.3, -0.25) is 0 Å². The van der Waals surface area contributed by atoms with Gasteiger partial charge in [-0.1, -0.05) is 84.6 Å². The molecule has 3 aliphatic rings. The van der Waals surface area contributed by atoms with E-state index in [1.807, 2.05) is 5.57 Å². The van der Waals surface area contributed by atoms with Crippen LogP contribution in [0, 0.1) is 51.8 Å². The Morgan fingerprint density at radius 2 is 1.71 bits per heavy atom. The molecule has 0 aromatic carbocycles. The molecule has 0 nitrogen and oxygen atoms in total. The van der Waals surface area contributed by atoms with E-state index in [0.29, 0.717) is 16.2 Å². The molecule has 6 unspecified atom stereocenters. The predicted molar refractivity (Wildman–Crippen MR) is 138 cm³/mol. The Morgan fingerprint density at radius 1 is 1.10 bits per heavy atom. The lowest BCUT2D eigenvalue weighted by Crippen LogP contribution is -2.35. The monoisotopic (exact) mass is 426 g/mol. The van der Waals surface area contributed by atoms with Crippen molar-refractivity contribution in [2.45, 2.75) is 121 Å². The van der Waals surface area contributed by atoms with Crippen LogP contribution in [0.1, 0.15) is 121 Å². The van der Waals surface area contributed by atoms with Crippen molar-refractivity contribution in [3.8, 4) is 0 Å². The quantitative estimate of drug-likeness (QED) is 0.339. The molecule has 178 valence electrons. The lowest BCUT2D eigenvalue weighted by atomic mass is 9.61. The molecule has 0 N–H and O–H groups in total. The lowest BCUT2D eigenvalue weighted by molar-refractivity contribution is 0.0884. The van der Waals surface area contributed by atoms with Crippen LogP contribution in [-0.2, 0) is 0 Å². The van der Waals surface area contributed by atoms with Crippen molar-refractivity contribution in [2.75, 3.05) is 0 Å². The van der Waals surface area contributed by atoms with Crippen molar-refractivity contribution in [3.63, 3.8) is 0 Å². The highest BCUT2D eigenvalue weighted by molar-refractivity contribution is 5.33. The van der Waals surface area contributed by atoms with Gasteiger partial charge in [0.25, 0.3) is 0 Å². The van der Waals surface area contributed by atoms with E-state index in [1.165, 1.54) is 44.9 Å². The first-order valence-electron chi connectivity index (χ1n) is 13.6. The number of allylic oxidation sites excluding steroid dienone is 4. The third-order valence-corrected chi connectivity index (χ3v) is 11.0. The molecule has 3 aliphatic carbocycles. The summed E-state index contributed by atoms with van der Waals surface area (Å²) in [5.74, 6) is 5.13. The molecule has 31 heavy (non-hydrogen) atoms. The van der Waals surface area contributed by atoms with Crippen molar-refractivity contribution in [3.05, 3.63) is 22.8 Å². The van der Waals surface area contributed by atoms with E-state index >= 15 is 0 Å². The Morgan fingerprint density at radius 3 is 2.23 bits per heavy atom. The minimum Gasteiger partial charge on any atom is -0.0885 e. The summed E-state index contributed by atoms with van der Waals surface area (Å²) in [5.41, 5.74) is 6.82. The van der Waals surface area contributed by atoms with Gasteiger partial charge >= 0.3 is 0 Å².